The van der Waals surface area contributed by atoms with E-state index in [-0.39, 0.29) is 12.5 Å². The molecule has 1 unspecified atom stereocenters. The fourth-order valence-corrected chi connectivity index (χ4v) is 1.35. The van der Waals surface area contributed by atoms with Gasteiger partial charge in [-0.15, -0.1) is 0 Å². The molecule has 1 aromatic carbocycles. The molecule has 0 radical (unpaired) electrons. The van der Waals surface area contributed by atoms with Gasteiger partial charge in [0, 0.05) is 19.1 Å². The molecule has 0 heterocycles. The third-order valence-corrected chi connectivity index (χ3v) is 2.38. The third-order valence-electron chi connectivity index (χ3n) is 2.38. The lowest BCUT2D eigenvalue weighted by molar-refractivity contribution is 0.170. The highest BCUT2D eigenvalue weighted by atomic mass is 16.5. The molecule has 4 heteroatoms. The number of nitrogens with two attached hydrogens (primary N) is 1. The average Bonchev–Trinajstić information content (AvgIpc) is 2.37. The first-order valence-corrected chi connectivity index (χ1v) is 5.90. The molecular weight excluding hydrogens is 218 g/mol. The molecule has 1 rings (SSSR count). The standard InChI is InChI=1S/C13H21NO3/c1-3-16-13-6-11(7-14)4-5-12(13)17-9-10(2)8-15/h4-6,10,15H,3,7-9,14H2,1-2H3. The molecule has 4 nitrogen and oxygen atoms in total. The van der Waals surface area contributed by atoms with E-state index in [2.05, 4.69) is 0 Å². The van der Waals surface area contributed by atoms with Gasteiger partial charge in [0.1, 0.15) is 0 Å². The molecule has 0 bridgehead atoms. The summed E-state index contributed by atoms with van der Waals surface area (Å²) >= 11 is 0. The minimum Gasteiger partial charge on any atom is -0.490 e. The fraction of sp³-hybridized carbons (Fsp3) is 0.538. The predicted octanol–water partition coefficient (Wildman–Crippen LogP) is 1.55. The minimum absolute atomic E-state index is 0.110. The Morgan fingerprint density at radius 3 is 2.65 bits per heavy atom. The zero-order valence-electron chi connectivity index (χ0n) is 10.5. The van der Waals surface area contributed by atoms with Crippen LogP contribution in [0.2, 0.25) is 0 Å². The van der Waals surface area contributed by atoms with Crippen molar-refractivity contribution in [2.45, 2.75) is 20.4 Å². The number of benzene rings is 1. The van der Waals surface area contributed by atoms with Crippen LogP contribution in [0.15, 0.2) is 18.2 Å². The highest BCUT2D eigenvalue weighted by Crippen LogP contribution is 2.28. The highest BCUT2D eigenvalue weighted by Gasteiger charge is 2.08. The second-order valence-corrected chi connectivity index (χ2v) is 4.02. The molecule has 0 aliphatic carbocycles. The first-order valence-electron chi connectivity index (χ1n) is 5.90. The average molecular weight is 239 g/mol. The fourth-order valence-electron chi connectivity index (χ4n) is 1.35. The largest absolute Gasteiger partial charge is 0.490 e. The van der Waals surface area contributed by atoms with E-state index in [0.717, 1.165) is 5.56 Å². The van der Waals surface area contributed by atoms with Crippen molar-refractivity contribution >= 4 is 0 Å². The van der Waals surface area contributed by atoms with Gasteiger partial charge in [-0.3, -0.25) is 0 Å². The van der Waals surface area contributed by atoms with Crippen LogP contribution < -0.4 is 15.2 Å². The molecule has 0 saturated heterocycles. The molecule has 0 amide bonds. The Hall–Kier alpha value is -1.26. The second kappa shape index (κ2) is 7.14. The van der Waals surface area contributed by atoms with Crippen LogP contribution in [0.4, 0.5) is 0 Å². The Balaban J connectivity index is 2.75. The van der Waals surface area contributed by atoms with E-state index >= 15 is 0 Å². The predicted molar refractivity (Wildman–Crippen MR) is 67.2 cm³/mol. The van der Waals surface area contributed by atoms with Gasteiger partial charge in [-0.05, 0) is 24.6 Å². The van der Waals surface area contributed by atoms with Gasteiger partial charge in [0.25, 0.3) is 0 Å². The van der Waals surface area contributed by atoms with Crippen molar-refractivity contribution < 1.29 is 14.6 Å². The molecule has 1 atom stereocenters. The maximum atomic E-state index is 8.94. The normalized spacial score (nSPS) is 12.2. The summed E-state index contributed by atoms with van der Waals surface area (Å²) in [7, 11) is 0. The maximum absolute atomic E-state index is 8.94. The lowest BCUT2D eigenvalue weighted by Crippen LogP contribution is -2.13. The summed E-state index contributed by atoms with van der Waals surface area (Å²) < 4.78 is 11.1. The third kappa shape index (κ3) is 4.24. The zero-order chi connectivity index (χ0) is 12.7. The molecule has 0 aliphatic heterocycles. The number of hydrogen-bond donors (Lipinski definition) is 2. The van der Waals surface area contributed by atoms with Crippen LogP contribution in [0.3, 0.4) is 0 Å². The van der Waals surface area contributed by atoms with E-state index in [9.17, 15) is 0 Å². The molecule has 0 saturated carbocycles. The number of hydrogen-bond acceptors (Lipinski definition) is 4. The Kier molecular flexibility index (Phi) is 5.80. The van der Waals surface area contributed by atoms with Crippen LogP contribution in [0, 0.1) is 5.92 Å². The molecular formula is C13H21NO3. The first kappa shape index (κ1) is 13.8. The van der Waals surface area contributed by atoms with Gasteiger partial charge in [0.05, 0.1) is 13.2 Å². The van der Waals surface area contributed by atoms with E-state index in [1.807, 2.05) is 32.0 Å². The summed E-state index contributed by atoms with van der Waals surface area (Å²) in [5.41, 5.74) is 6.59. The summed E-state index contributed by atoms with van der Waals surface area (Å²) in [6, 6.07) is 5.67. The Morgan fingerprint density at radius 1 is 1.29 bits per heavy atom. The van der Waals surface area contributed by atoms with E-state index in [1.165, 1.54) is 0 Å². The molecule has 1 aromatic rings. The summed E-state index contributed by atoms with van der Waals surface area (Å²) in [4.78, 5) is 0. The van der Waals surface area contributed by atoms with Gasteiger partial charge in [0.2, 0.25) is 0 Å². The Morgan fingerprint density at radius 2 is 2.06 bits per heavy atom. The summed E-state index contributed by atoms with van der Waals surface area (Å²) in [5.74, 6) is 1.52. The van der Waals surface area contributed by atoms with Crippen LogP contribution in [0.5, 0.6) is 11.5 Å². The molecule has 96 valence electrons. The van der Waals surface area contributed by atoms with Crippen LogP contribution in [0.1, 0.15) is 19.4 Å². The van der Waals surface area contributed by atoms with Crippen molar-refractivity contribution in [1.82, 2.24) is 0 Å². The van der Waals surface area contributed by atoms with Crippen molar-refractivity contribution in [1.29, 1.82) is 0 Å². The topological polar surface area (TPSA) is 64.7 Å². The summed E-state index contributed by atoms with van der Waals surface area (Å²) in [6.45, 7) is 5.50. The highest BCUT2D eigenvalue weighted by molar-refractivity contribution is 5.43. The SMILES string of the molecule is CCOc1cc(CN)ccc1OCC(C)CO. The lowest BCUT2D eigenvalue weighted by atomic mass is 10.2. The molecule has 0 spiro atoms. The molecule has 0 aromatic heterocycles. The van der Waals surface area contributed by atoms with Crippen LogP contribution in [0.25, 0.3) is 0 Å². The van der Waals surface area contributed by atoms with Crippen molar-refractivity contribution in [2.75, 3.05) is 19.8 Å². The Bertz CT molecular complexity index is 341. The smallest absolute Gasteiger partial charge is 0.161 e. The number of aliphatic hydroxyl groups excluding tert-OH is 1. The monoisotopic (exact) mass is 239 g/mol. The molecule has 0 fully saturated rings. The van der Waals surface area contributed by atoms with Crippen molar-refractivity contribution in [3.8, 4) is 11.5 Å². The quantitative estimate of drug-likeness (QED) is 0.757. The maximum Gasteiger partial charge on any atom is 0.161 e. The van der Waals surface area contributed by atoms with Gasteiger partial charge in [-0.2, -0.15) is 0 Å². The van der Waals surface area contributed by atoms with Gasteiger partial charge in [-0.25, -0.2) is 0 Å². The van der Waals surface area contributed by atoms with Crippen LogP contribution in [-0.2, 0) is 6.54 Å². The molecule has 17 heavy (non-hydrogen) atoms. The Labute approximate surface area is 102 Å². The van der Waals surface area contributed by atoms with E-state index in [1.54, 1.807) is 0 Å². The number of aliphatic hydroxyl groups is 1. The van der Waals surface area contributed by atoms with Crippen LogP contribution >= 0.6 is 0 Å². The summed E-state index contributed by atoms with van der Waals surface area (Å²) in [5, 5.41) is 8.94. The van der Waals surface area contributed by atoms with Gasteiger partial charge in [-0.1, -0.05) is 13.0 Å². The zero-order valence-corrected chi connectivity index (χ0v) is 10.5. The van der Waals surface area contributed by atoms with Crippen LogP contribution in [-0.4, -0.2) is 24.9 Å². The number of rotatable bonds is 7. The number of ether oxygens (including phenoxy) is 2. The van der Waals surface area contributed by atoms with E-state index < -0.39 is 0 Å². The van der Waals surface area contributed by atoms with Gasteiger partial charge < -0.3 is 20.3 Å². The lowest BCUT2D eigenvalue weighted by Gasteiger charge is -2.15. The van der Waals surface area contributed by atoms with Crippen molar-refractivity contribution in [3.05, 3.63) is 23.8 Å². The summed E-state index contributed by atoms with van der Waals surface area (Å²) in [6.07, 6.45) is 0. The first-order chi connectivity index (χ1) is 8.21. The van der Waals surface area contributed by atoms with Crippen molar-refractivity contribution in [3.63, 3.8) is 0 Å². The minimum atomic E-state index is 0.110. The molecule has 3 N–H and O–H groups in total. The second-order valence-electron chi connectivity index (χ2n) is 4.02. The van der Waals surface area contributed by atoms with Crippen molar-refractivity contribution in [2.24, 2.45) is 11.7 Å². The van der Waals surface area contributed by atoms with E-state index in [0.29, 0.717) is 31.3 Å². The van der Waals surface area contributed by atoms with Gasteiger partial charge in [0.15, 0.2) is 11.5 Å². The van der Waals surface area contributed by atoms with E-state index in [4.69, 9.17) is 20.3 Å². The molecule has 0 aliphatic rings. The van der Waals surface area contributed by atoms with Gasteiger partial charge >= 0.3 is 0 Å².